The van der Waals surface area contributed by atoms with Crippen LogP contribution in [-0.2, 0) is 14.3 Å². The molecule has 2 rings (SSSR count). The second-order valence-electron chi connectivity index (χ2n) is 4.71. The molecule has 0 aliphatic heterocycles. The first kappa shape index (κ1) is 16.5. The number of H-pyrrole nitrogens is 1. The van der Waals surface area contributed by atoms with Gasteiger partial charge >= 0.3 is 6.18 Å². The van der Waals surface area contributed by atoms with Crippen molar-refractivity contribution >= 4 is 10.1 Å². The lowest BCUT2D eigenvalue weighted by atomic mass is 10.2. The molecule has 1 N–H and O–H groups in total. The van der Waals surface area contributed by atoms with Crippen LogP contribution in [0.1, 0.15) is 23.2 Å². The standard InChI is InChI=1S/C13H13F3N2O3S/c1-8-3-5-10(6-4-8)22(19,20)21-12(13(14,15)16)11-7-17-9(2)18-11/h3-7,12H,1-2H3,(H,17,18). The van der Waals surface area contributed by atoms with Crippen LogP contribution in [0.2, 0.25) is 0 Å². The first-order valence-corrected chi connectivity index (χ1v) is 7.58. The molecular weight excluding hydrogens is 321 g/mol. The summed E-state index contributed by atoms with van der Waals surface area (Å²) in [5.74, 6) is 0.223. The van der Waals surface area contributed by atoms with Crippen molar-refractivity contribution in [2.45, 2.75) is 31.0 Å². The van der Waals surface area contributed by atoms with E-state index in [-0.39, 0.29) is 10.7 Å². The molecule has 9 heteroatoms. The zero-order valence-corrected chi connectivity index (χ0v) is 12.5. The smallest absolute Gasteiger partial charge is 0.344 e. The molecule has 1 aromatic heterocycles. The van der Waals surface area contributed by atoms with Gasteiger partial charge in [-0.15, -0.1) is 0 Å². The van der Waals surface area contributed by atoms with Crippen LogP contribution in [0, 0.1) is 13.8 Å². The predicted molar refractivity (Wildman–Crippen MR) is 71.6 cm³/mol. The van der Waals surface area contributed by atoms with E-state index in [0.29, 0.717) is 0 Å². The number of benzene rings is 1. The van der Waals surface area contributed by atoms with Crippen LogP contribution in [0.5, 0.6) is 0 Å². The van der Waals surface area contributed by atoms with Crippen molar-refractivity contribution < 1.29 is 25.8 Å². The molecule has 1 heterocycles. The number of aromatic amines is 1. The Morgan fingerprint density at radius 3 is 2.23 bits per heavy atom. The van der Waals surface area contributed by atoms with Crippen molar-refractivity contribution in [3.63, 3.8) is 0 Å². The van der Waals surface area contributed by atoms with E-state index in [1.165, 1.54) is 31.2 Å². The normalized spacial score (nSPS) is 14.0. The number of imidazole rings is 1. The van der Waals surface area contributed by atoms with Crippen LogP contribution < -0.4 is 0 Å². The molecule has 0 aliphatic rings. The molecule has 0 bridgehead atoms. The van der Waals surface area contributed by atoms with Gasteiger partial charge in [0.2, 0.25) is 6.10 Å². The van der Waals surface area contributed by atoms with Gasteiger partial charge in [-0.1, -0.05) is 17.7 Å². The highest BCUT2D eigenvalue weighted by molar-refractivity contribution is 7.86. The molecule has 120 valence electrons. The van der Waals surface area contributed by atoms with Crippen molar-refractivity contribution in [2.24, 2.45) is 0 Å². The average molecular weight is 334 g/mol. The largest absolute Gasteiger partial charge is 0.421 e. The minimum absolute atomic E-state index is 0.223. The first-order valence-electron chi connectivity index (χ1n) is 6.18. The zero-order chi connectivity index (χ0) is 16.5. The van der Waals surface area contributed by atoms with Gasteiger partial charge in [0, 0.05) is 0 Å². The number of halogens is 3. The molecule has 1 aromatic carbocycles. The molecular formula is C13H13F3N2O3S. The molecule has 0 saturated heterocycles. The number of aryl methyl sites for hydroxylation is 2. The van der Waals surface area contributed by atoms with Crippen LogP contribution in [-0.4, -0.2) is 24.6 Å². The number of aromatic nitrogens is 2. The third kappa shape index (κ3) is 3.66. The first-order chi connectivity index (χ1) is 10.1. The van der Waals surface area contributed by atoms with E-state index < -0.39 is 28.1 Å². The van der Waals surface area contributed by atoms with Gasteiger partial charge in [-0.25, -0.2) is 9.17 Å². The number of hydrogen-bond donors (Lipinski definition) is 1. The molecule has 0 saturated carbocycles. The van der Waals surface area contributed by atoms with E-state index in [0.717, 1.165) is 11.8 Å². The van der Waals surface area contributed by atoms with E-state index in [2.05, 4.69) is 14.2 Å². The fourth-order valence-corrected chi connectivity index (χ4v) is 2.79. The SMILES string of the molecule is Cc1ccc(S(=O)(=O)OC(c2cnc(C)[nH]2)C(F)(F)F)cc1. The molecule has 0 radical (unpaired) electrons. The molecule has 0 spiro atoms. The Balaban J connectivity index is 2.36. The third-order valence-corrected chi connectivity index (χ3v) is 4.13. The van der Waals surface area contributed by atoms with Gasteiger partial charge in [0.1, 0.15) is 5.82 Å². The fourth-order valence-electron chi connectivity index (χ4n) is 1.74. The van der Waals surface area contributed by atoms with Crippen LogP contribution >= 0.6 is 0 Å². The summed E-state index contributed by atoms with van der Waals surface area (Å²) in [7, 11) is -4.57. The molecule has 22 heavy (non-hydrogen) atoms. The monoisotopic (exact) mass is 334 g/mol. The topological polar surface area (TPSA) is 72.1 Å². The van der Waals surface area contributed by atoms with E-state index >= 15 is 0 Å². The summed E-state index contributed by atoms with van der Waals surface area (Å²) < 4.78 is 67.7. The summed E-state index contributed by atoms with van der Waals surface area (Å²) in [4.78, 5) is 5.64. The highest BCUT2D eigenvalue weighted by atomic mass is 32.2. The number of hydrogen-bond acceptors (Lipinski definition) is 4. The van der Waals surface area contributed by atoms with E-state index in [1.54, 1.807) is 6.92 Å². The van der Waals surface area contributed by atoms with Crippen molar-refractivity contribution in [1.82, 2.24) is 9.97 Å². The van der Waals surface area contributed by atoms with Crippen LogP contribution in [0.4, 0.5) is 13.2 Å². The Morgan fingerprint density at radius 2 is 1.77 bits per heavy atom. The lowest BCUT2D eigenvalue weighted by Gasteiger charge is -2.19. The van der Waals surface area contributed by atoms with Gasteiger partial charge < -0.3 is 4.98 Å². The summed E-state index contributed by atoms with van der Waals surface area (Å²) in [5, 5.41) is 0. The number of rotatable bonds is 4. The Labute approximate surface area is 125 Å². The Morgan fingerprint density at radius 1 is 1.18 bits per heavy atom. The van der Waals surface area contributed by atoms with E-state index in [4.69, 9.17) is 0 Å². The Bertz CT molecular complexity index is 752. The Hall–Kier alpha value is -1.87. The van der Waals surface area contributed by atoms with Crippen LogP contribution in [0.15, 0.2) is 35.4 Å². The maximum atomic E-state index is 13.1. The van der Waals surface area contributed by atoms with Gasteiger partial charge in [-0.05, 0) is 26.0 Å². The summed E-state index contributed by atoms with van der Waals surface area (Å²) in [6, 6.07) is 5.32. The Kier molecular flexibility index (Phi) is 4.30. The third-order valence-electron chi connectivity index (χ3n) is 2.83. The predicted octanol–water partition coefficient (Wildman–Crippen LogP) is 3.04. The van der Waals surface area contributed by atoms with Gasteiger partial charge in [0.25, 0.3) is 10.1 Å². The average Bonchev–Trinajstić information content (AvgIpc) is 2.81. The number of nitrogens with zero attached hydrogens (tertiary/aromatic N) is 1. The minimum atomic E-state index is -4.91. The van der Waals surface area contributed by atoms with Crippen molar-refractivity contribution in [2.75, 3.05) is 0 Å². The van der Waals surface area contributed by atoms with Gasteiger partial charge in [-0.3, -0.25) is 0 Å². The molecule has 1 atom stereocenters. The molecule has 1 unspecified atom stereocenters. The summed E-state index contributed by atoms with van der Waals surface area (Å²) in [6.07, 6.45) is -6.64. The number of alkyl halides is 3. The summed E-state index contributed by atoms with van der Waals surface area (Å²) in [5.41, 5.74) is 0.302. The van der Waals surface area contributed by atoms with Crippen LogP contribution in [0.25, 0.3) is 0 Å². The minimum Gasteiger partial charge on any atom is -0.344 e. The second-order valence-corrected chi connectivity index (χ2v) is 6.28. The molecule has 0 fully saturated rings. The van der Waals surface area contributed by atoms with Crippen LogP contribution in [0.3, 0.4) is 0 Å². The lowest BCUT2D eigenvalue weighted by molar-refractivity contribution is -0.197. The van der Waals surface area contributed by atoms with E-state index in [9.17, 15) is 21.6 Å². The molecule has 0 aliphatic carbocycles. The van der Waals surface area contributed by atoms with E-state index in [1.807, 2.05) is 0 Å². The van der Waals surface area contributed by atoms with Gasteiger partial charge in [0.15, 0.2) is 0 Å². The van der Waals surface area contributed by atoms with Gasteiger partial charge in [-0.2, -0.15) is 21.6 Å². The number of nitrogens with one attached hydrogen (secondary N) is 1. The van der Waals surface area contributed by atoms with Crippen molar-refractivity contribution in [3.05, 3.63) is 47.5 Å². The quantitative estimate of drug-likeness (QED) is 0.873. The lowest BCUT2D eigenvalue weighted by Crippen LogP contribution is -2.26. The summed E-state index contributed by atoms with van der Waals surface area (Å²) >= 11 is 0. The second kappa shape index (κ2) is 5.73. The maximum Gasteiger partial charge on any atom is 0.421 e. The fraction of sp³-hybridized carbons (Fsp3) is 0.308. The highest BCUT2D eigenvalue weighted by Gasteiger charge is 2.46. The zero-order valence-electron chi connectivity index (χ0n) is 11.7. The van der Waals surface area contributed by atoms with Crippen molar-refractivity contribution in [1.29, 1.82) is 0 Å². The highest BCUT2D eigenvalue weighted by Crippen LogP contribution is 2.37. The molecule has 0 amide bonds. The van der Waals surface area contributed by atoms with Gasteiger partial charge in [0.05, 0.1) is 16.8 Å². The molecule has 5 nitrogen and oxygen atoms in total. The van der Waals surface area contributed by atoms with Crippen molar-refractivity contribution in [3.8, 4) is 0 Å². The maximum absolute atomic E-state index is 13.1. The molecule has 2 aromatic rings. The summed E-state index contributed by atoms with van der Waals surface area (Å²) in [6.45, 7) is 3.18.